The largest absolute Gasteiger partial charge is 0.339 e. The molecular formula is C15H14N4O. The maximum atomic E-state index is 5.32. The van der Waals surface area contributed by atoms with Gasteiger partial charge >= 0.3 is 0 Å². The van der Waals surface area contributed by atoms with Gasteiger partial charge in [-0.05, 0) is 30.9 Å². The zero-order valence-corrected chi connectivity index (χ0v) is 10.9. The van der Waals surface area contributed by atoms with Crippen LogP contribution >= 0.6 is 0 Å². The summed E-state index contributed by atoms with van der Waals surface area (Å²) in [6, 6.07) is 8.04. The van der Waals surface area contributed by atoms with Gasteiger partial charge in [-0.2, -0.15) is 4.98 Å². The van der Waals surface area contributed by atoms with E-state index in [1.54, 1.807) is 12.5 Å². The van der Waals surface area contributed by atoms with Gasteiger partial charge in [-0.3, -0.25) is 0 Å². The van der Waals surface area contributed by atoms with Gasteiger partial charge in [0.2, 0.25) is 11.7 Å². The van der Waals surface area contributed by atoms with Crippen molar-refractivity contribution in [2.75, 3.05) is 0 Å². The molecule has 1 fully saturated rings. The monoisotopic (exact) mass is 266 g/mol. The summed E-state index contributed by atoms with van der Waals surface area (Å²) in [7, 11) is 0. The van der Waals surface area contributed by atoms with Gasteiger partial charge in [0.15, 0.2) is 0 Å². The average molecular weight is 266 g/mol. The van der Waals surface area contributed by atoms with Crippen LogP contribution in [-0.4, -0.2) is 19.7 Å². The van der Waals surface area contributed by atoms with E-state index >= 15 is 0 Å². The number of nitrogens with zero attached hydrogens (tertiary/aromatic N) is 4. The first kappa shape index (κ1) is 11.4. The Morgan fingerprint density at radius 2 is 2.25 bits per heavy atom. The smallest absolute Gasteiger partial charge is 0.227 e. The maximum absolute atomic E-state index is 5.32. The third kappa shape index (κ3) is 2.22. The molecule has 1 aliphatic rings. The molecule has 0 spiro atoms. The molecule has 0 saturated heterocycles. The van der Waals surface area contributed by atoms with E-state index in [1.807, 2.05) is 35.0 Å². The highest BCUT2D eigenvalue weighted by Gasteiger charge is 2.24. The van der Waals surface area contributed by atoms with Crippen LogP contribution in [0.25, 0.3) is 17.1 Å². The van der Waals surface area contributed by atoms with Crippen molar-refractivity contribution in [1.82, 2.24) is 19.7 Å². The number of rotatable bonds is 4. The SMILES string of the molecule is c1cc(-c2noc(CC3CC3)n2)cc(-n2ccnc2)c1. The highest BCUT2D eigenvalue weighted by Crippen LogP contribution is 2.32. The molecule has 0 bridgehead atoms. The highest BCUT2D eigenvalue weighted by molar-refractivity contribution is 5.58. The lowest BCUT2D eigenvalue weighted by atomic mass is 10.2. The normalized spacial score (nSPS) is 14.6. The summed E-state index contributed by atoms with van der Waals surface area (Å²) in [6.45, 7) is 0. The molecule has 2 aromatic heterocycles. The van der Waals surface area contributed by atoms with Crippen molar-refractivity contribution < 1.29 is 4.52 Å². The molecular weight excluding hydrogens is 252 g/mol. The van der Waals surface area contributed by atoms with Crippen molar-refractivity contribution in [2.45, 2.75) is 19.3 Å². The van der Waals surface area contributed by atoms with E-state index in [9.17, 15) is 0 Å². The Hall–Kier alpha value is -2.43. The Morgan fingerprint density at radius 3 is 3.05 bits per heavy atom. The maximum Gasteiger partial charge on any atom is 0.227 e. The van der Waals surface area contributed by atoms with Crippen molar-refractivity contribution in [3.63, 3.8) is 0 Å². The van der Waals surface area contributed by atoms with Crippen LogP contribution in [0.15, 0.2) is 47.5 Å². The summed E-state index contributed by atoms with van der Waals surface area (Å²) in [5.74, 6) is 2.15. The van der Waals surface area contributed by atoms with Crippen LogP contribution in [0.4, 0.5) is 0 Å². The Balaban J connectivity index is 1.64. The molecule has 0 radical (unpaired) electrons. The third-order valence-corrected chi connectivity index (χ3v) is 3.54. The number of imidazole rings is 1. The summed E-state index contributed by atoms with van der Waals surface area (Å²) < 4.78 is 7.27. The van der Waals surface area contributed by atoms with Crippen LogP contribution in [-0.2, 0) is 6.42 Å². The molecule has 0 amide bonds. The van der Waals surface area contributed by atoms with Gasteiger partial charge in [-0.25, -0.2) is 4.98 Å². The van der Waals surface area contributed by atoms with Crippen molar-refractivity contribution in [2.24, 2.45) is 5.92 Å². The van der Waals surface area contributed by atoms with Crippen molar-refractivity contribution >= 4 is 0 Å². The fraction of sp³-hybridized carbons (Fsp3) is 0.267. The molecule has 0 unspecified atom stereocenters. The Kier molecular flexibility index (Phi) is 2.62. The lowest BCUT2D eigenvalue weighted by molar-refractivity contribution is 0.373. The first-order valence-corrected chi connectivity index (χ1v) is 6.80. The van der Waals surface area contributed by atoms with Gasteiger partial charge in [0.05, 0.1) is 6.33 Å². The Bertz CT molecular complexity index is 713. The first-order chi connectivity index (χ1) is 9.88. The molecule has 1 aliphatic carbocycles. The second kappa shape index (κ2) is 4.59. The molecule has 1 aromatic carbocycles. The molecule has 3 aromatic rings. The predicted octanol–water partition coefficient (Wildman–Crippen LogP) is 2.87. The fourth-order valence-corrected chi connectivity index (χ4v) is 2.24. The van der Waals surface area contributed by atoms with Crippen molar-refractivity contribution in [3.8, 4) is 17.1 Å². The van der Waals surface area contributed by atoms with Crippen LogP contribution < -0.4 is 0 Å². The van der Waals surface area contributed by atoms with Gasteiger partial charge in [-0.15, -0.1) is 0 Å². The van der Waals surface area contributed by atoms with Gasteiger partial charge in [0.25, 0.3) is 0 Å². The quantitative estimate of drug-likeness (QED) is 0.728. The second-order valence-electron chi connectivity index (χ2n) is 5.18. The lowest BCUT2D eigenvalue weighted by Gasteiger charge is -2.02. The molecule has 0 N–H and O–H groups in total. The molecule has 4 rings (SSSR count). The number of benzene rings is 1. The van der Waals surface area contributed by atoms with E-state index in [2.05, 4.69) is 15.1 Å². The lowest BCUT2D eigenvalue weighted by Crippen LogP contribution is -1.91. The van der Waals surface area contributed by atoms with E-state index in [1.165, 1.54) is 12.8 Å². The van der Waals surface area contributed by atoms with Crippen LogP contribution in [0, 0.1) is 5.92 Å². The summed E-state index contributed by atoms with van der Waals surface area (Å²) in [5, 5.41) is 4.08. The van der Waals surface area contributed by atoms with E-state index in [-0.39, 0.29) is 0 Å². The minimum Gasteiger partial charge on any atom is -0.339 e. The topological polar surface area (TPSA) is 56.7 Å². The summed E-state index contributed by atoms with van der Waals surface area (Å²) in [5.41, 5.74) is 2.00. The number of hydrogen-bond acceptors (Lipinski definition) is 4. The third-order valence-electron chi connectivity index (χ3n) is 3.54. The van der Waals surface area contributed by atoms with E-state index in [0.29, 0.717) is 5.82 Å². The van der Waals surface area contributed by atoms with Crippen molar-refractivity contribution in [1.29, 1.82) is 0 Å². The molecule has 20 heavy (non-hydrogen) atoms. The molecule has 100 valence electrons. The van der Waals surface area contributed by atoms with Gasteiger partial charge in [0, 0.05) is 30.1 Å². The minimum atomic E-state index is 0.655. The van der Waals surface area contributed by atoms with Gasteiger partial charge in [0.1, 0.15) is 0 Å². The van der Waals surface area contributed by atoms with Crippen LogP contribution in [0.5, 0.6) is 0 Å². The Morgan fingerprint density at radius 1 is 1.30 bits per heavy atom. The van der Waals surface area contributed by atoms with Crippen LogP contribution in [0.1, 0.15) is 18.7 Å². The molecule has 1 saturated carbocycles. The molecule has 2 heterocycles. The average Bonchev–Trinajstić information content (AvgIpc) is 2.96. The number of aromatic nitrogens is 4. The van der Waals surface area contributed by atoms with Crippen LogP contribution in [0.3, 0.4) is 0 Å². The summed E-state index contributed by atoms with van der Waals surface area (Å²) in [4.78, 5) is 8.54. The molecule has 5 heteroatoms. The van der Waals surface area contributed by atoms with Crippen molar-refractivity contribution in [3.05, 3.63) is 48.9 Å². The molecule has 5 nitrogen and oxygen atoms in total. The van der Waals surface area contributed by atoms with E-state index < -0.39 is 0 Å². The zero-order chi connectivity index (χ0) is 13.4. The number of hydrogen-bond donors (Lipinski definition) is 0. The standard InChI is InChI=1S/C15H14N4O/c1-2-12(9-13(3-1)19-7-6-16-10-19)15-17-14(20-18-15)8-11-4-5-11/h1-3,6-7,9-11H,4-5,8H2. The van der Waals surface area contributed by atoms with E-state index in [0.717, 1.165) is 29.5 Å². The van der Waals surface area contributed by atoms with Crippen LogP contribution in [0.2, 0.25) is 0 Å². The van der Waals surface area contributed by atoms with Gasteiger partial charge in [-0.1, -0.05) is 17.3 Å². The minimum absolute atomic E-state index is 0.655. The molecule has 0 atom stereocenters. The van der Waals surface area contributed by atoms with Gasteiger partial charge < -0.3 is 9.09 Å². The highest BCUT2D eigenvalue weighted by atomic mass is 16.5. The fourth-order valence-electron chi connectivity index (χ4n) is 2.24. The predicted molar refractivity (Wildman–Crippen MR) is 73.3 cm³/mol. The molecule has 0 aliphatic heterocycles. The van der Waals surface area contributed by atoms with E-state index in [4.69, 9.17) is 4.52 Å². The second-order valence-corrected chi connectivity index (χ2v) is 5.18. The summed E-state index contributed by atoms with van der Waals surface area (Å²) in [6.07, 6.45) is 8.92. The zero-order valence-electron chi connectivity index (χ0n) is 10.9. The first-order valence-electron chi connectivity index (χ1n) is 6.80. The summed E-state index contributed by atoms with van der Waals surface area (Å²) >= 11 is 0. The Labute approximate surface area is 116 Å².